The number of nitro benzene ring substituents is 1. The third-order valence-corrected chi connectivity index (χ3v) is 3.13. The Morgan fingerprint density at radius 2 is 1.82 bits per heavy atom. The van der Waals surface area contributed by atoms with Crippen LogP contribution in [0, 0.1) is 10.1 Å². The topological polar surface area (TPSA) is 84.6 Å². The molecular formula is C16H15N3O3. The minimum Gasteiger partial charge on any atom is -0.267 e. The fourth-order valence-electron chi connectivity index (χ4n) is 1.85. The Bertz CT molecular complexity index is 682. The summed E-state index contributed by atoms with van der Waals surface area (Å²) in [6.07, 6.45) is 1.64. The number of hydrogen-bond acceptors (Lipinski definition) is 4. The molecule has 6 nitrogen and oxygen atoms in total. The summed E-state index contributed by atoms with van der Waals surface area (Å²) in [7, 11) is 0. The molecule has 0 fully saturated rings. The second-order valence-electron chi connectivity index (χ2n) is 4.72. The number of carbonyl (C=O) groups excluding carboxylic acids is 1. The first kappa shape index (κ1) is 15.4. The first-order valence-corrected chi connectivity index (χ1v) is 6.71. The van der Waals surface area contributed by atoms with Crippen molar-refractivity contribution in [3.63, 3.8) is 0 Å². The van der Waals surface area contributed by atoms with Crippen LogP contribution in [0.1, 0.15) is 28.8 Å². The molecule has 1 amide bonds. The molecule has 1 N–H and O–H groups in total. The van der Waals surface area contributed by atoms with Gasteiger partial charge in [0.2, 0.25) is 0 Å². The molecule has 22 heavy (non-hydrogen) atoms. The van der Waals surface area contributed by atoms with Crippen LogP contribution in [0.25, 0.3) is 0 Å². The minimum absolute atomic E-state index is 0.0576. The first-order valence-electron chi connectivity index (χ1n) is 6.71. The van der Waals surface area contributed by atoms with Gasteiger partial charge in [-0.3, -0.25) is 14.9 Å². The van der Waals surface area contributed by atoms with Gasteiger partial charge in [0.15, 0.2) is 0 Å². The molecule has 0 saturated carbocycles. The van der Waals surface area contributed by atoms with Crippen molar-refractivity contribution in [2.24, 2.45) is 5.10 Å². The summed E-state index contributed by atoms with van der Waals surface area (Å²) in [6.45, 7) is 1.97. The van der Waals surface area contributed by atoms with E-state index in [1.54, 1.807) is 6.21 Å². The number of benzene rings is 2. The number of nitrogens with zero attached hydrogens (tertiary/aromatic N) is 2. The number of amides is 1. The van der Waals surface area contributed by atoms with Crippen LogP contribution >= 0.6 is 0 Å². The van der Waals surface area contributed by atoms with Crippen LogP contribution in [0.3, 0.4) is 0 Å². The van der Waals surface area contributed by atoms with Crippen molar-refractivity contribution in [1.82, 2.24) is 5.43 Å². The van der Waals surface area contributed by atoms with Crippen LogP contribution in [-0.4, -0.2) is 17.0 Å². The fraction of sp³-hybridized carbons (Fsp3) is 0.125. The molecule has 1 atom stereocenters. The molecule has 2 rings (SSSR count). The second-order valence-corrected chi connectivity index (χ2v) is 4.72. The van der Waals surface area contributed by atoms with E-state index in [1.165, 1.54) is 24.3 Å². The maximum absolute atomic E-state index is 11.8. The van der Waals surface area contributed by atoms with Crippen molar-refractivity contribution in [3.05, 3.63) is 75.8 Å². The largest absolute Gasteiger partial charge is 0.271 e. The molecule has 0 radical (unpaired) electrons. The average Bonchev–Trinajstić information content (AvgIpc) is 2.55. The number of non-ortho nitro benzene ring substituents is 1. The molecule has 0 aliphatic carbocycles. The van der Waals surface area contributed by atoms with E-state index in [2.05, 4.69) is 10.5 Å². The molecule has 112 valence electrons. The standard InChI is InChI=1S/C16H15N3O3/c1-12(13-5-3-2-4-6-13)11-17-18-16(20)14-7-9-15(10-8-14)19(21)22/h2-12H,1H3,(H,18,20). The molecule has 1 unspecified atom stereocenters. The number of hydrazone groups is 1. The van der Waals surface area contributed by atoms with E-state index < -0.39 is 10.8 Å². The summed E-state index contributed by atoms with van der Waals surface area (Å²) in [5.41, 5.74) is 3.76. The molecule has 6 heteroatoms. The lowest BCUT2D eigenvalue weighted by Crippen LogP contribution is -2.18. The van der Waals surface area contributed by atoms with Gasteiger partial charge in [-0.25, -0.2) is 5.43 Å². The van der Waals surface area contributed by atoms with Crippen molar-refractivity contribution in [1.29, 1.82) is 0 Å². The highest BCUT2D eigenvalue weighted by atomic mass is 16.6. The van der Waals surface area contributed by atoms with Crippen molar-refractivity contribution in [3.8, 4) is 0 Å². The Hall–Kier alpha value is -3.02. The lowest BCUT2D eigenvalue weighted by Gasteiger charge is -2.05. The third-order valence-electron chi connectivity index (χ3n) is 3.13. The average molecular weight is 297 g/mol. The predicted octanol–water partition coefficient (Wildman–Crippen LogP) is 3.11. The Morgan fingerprint density at radius 1 is 1.18 bits per heavy atom. The molecule has 0 bridgehead atoms. The highest BCUT2D eigenvalue weighted by Gasteiger charge is 2.08. The monoisotopic (exact) mass is 297 g/mol. The Morgan fingerprint density at radius 3 is 2.41 bits per heavy atom. The Balaban J connectivity index is 1.94. The van der Waals surface area contributed by atoms with Gasteiger partial charge in [0.1, 0.15) is 0 Å². The molecule has 2 aromatic rings. The zero-order chi connectivity index (χ0) is 15.9. The normalized spacial score (nSPS) is 12.0. The summed E-state index contributed by atoms with van der Waals surface area (Å²) < 4.78 is 0. The maximum atomic E-state index is 11.8. The van der Waals surface area contributed by atoms with E-state index in [1.807, 2.05) is 37.3 Å². The van der Waals surface area contributed by atoms with Crippen molar-refractivity contribution >= 4 is 17.8 Å². The summed E-state index contributed by atoms with van der Waals surface area (Å²) >= 11 is 0. The van der Waals surface area contributed by atoms with Gasteiger partial charge in [0.05, 0.1) is 4.92 Å². The number of carbonyl (C=O) groups is 1. The van der Waals surface area contributed by atoms with Crippen molar-refractivity contribution in [2.75, 3.05) is 0 Å². The quantitative estimate of drug-likeness (QED) is 0.522. The first-order chi connectivity index (χ1) is 10.6. The molecule has 0 heterocycles. The van der Waals surface area contributed by atoms with E-state index in [0.717, 1.165) is 5.56 Å². The second kappa shape index (κ2) is 7.12. The highest BCUT2D eigenvalue weighted by Crippen LogP contribution is 2.13. The van der Waals surface area contributed by atoms with E-state index in [4.69, 9.17) is 0 Å². The Kier molecular flexibility index (Phi) is 4.98. The fourth-order valence-corrected chi connectivity index (χ4v) is 1.85. The molecule has 0 saturated heterocycles. The maximum Gasteiger partial charge on any atom is 0.271 e. The van der Waals surface area contributed by atoms with E-state index >= 15 is 0 Å². The van der Waals surface area contributed by atoms with E-state index in [0.29, 0.717) is 5.56 Å². The summed E-state index contributed by atoms with van der Waals surface area (Å²) in [6, 6.07) is 15.1. The number of nitrogens with one attached hydrogen (secondary N) is 1. The molecule has 0 aromatic heterocycles. The predicted molar refractivity (Wildman–Crippen MR) is 83.9 cm³/mol. The van der Waals surface area contributed by atoms with Gasteiger partial charge in [0.25, 0.3) is 11.6 Å². The van der Waals surface area contributed by atoms with Crippen molar-refractivity contribution < 1.29 is 9.72 Å². The molecule has 0 aliphatic heterocycles. The molecule has 0 spiro atoms. The zero-order valence-corrected chi connectivity index (χ0v) is 12.0. The zero-order valence-electron chi connectivity index (χ0n) is 12.0. The smallest absolute Gasteiger partial charge is 0.267 e. The van der Waals surface area contributed by atoms with Gasteiger partial charge in [0, 0.05) is 29.8 Å². The van der Waals surface area contributed by atoms with Crippen LogP contribution in [0.2, 0.25) is 0 Å². The summed E-state index contributed by atoms with van der Waals surface area (Å²) in [5.74, 6) is -0.343. The lowest BCUT2D eigenvalue weighted by molar-refractivity contribution is -0.384. The van der Waals surface area contributed by atoms with Gasteiger partial charge < -0.3 is 0 Å². The lowest BCUT2D eigenvalue weighted by atomic mass is 10.0. The van der Waals surface area contributed by atoms with Crippen LogP contribution in [0.5, 0.6) is 0 Å². The van der Waals surface area contributed by atoms with Crippen LogP contribution in [-0.2, 0) is 0 Å². The van der Waals surface area contributed by atoms with Gasteiger partial charge in [-0.1, -0.05) is 37.3 Å². The molecule has 2 aromatic carbocycles. The van der Waals surface area contributed by atoms with Gasteiger partial charge in [-0.15, -0.1) is 0 Å². The summed E-state index contributed by atoms with van der Waals surface area (Å²) in [5, 5.41) is 14.5. The van der Waals surface area contributed by atoms with Crippen LogP contribution < -0.4 is 5.43 Å². The summed E-state index contributed by atoms with van der Waals surface area (Å²) in [4.78, 5) is 21.9. The Labute approximate surface area is 127 Å². The van der Waals surface area contributed by atoms with E-state index in [9.17, 15) is 14.9 Å². The number of nitro groups is 1. The van der Waals surface area contributed by atoms with Crippen molar-refractivity contribution in [2.45, 2.75) is 12.8 Å². The third kappa shape index (κ3) is 3.99. The molecule has 0 aliphatic rings. The van der Waals surface area contributed by atoms with Gasteiger partial charge in [-0.2, -0.15) is 5.10 Å². The van der Waals surface area contributed by atoms with Crippen LogP contribution in [0.15, 0.2) is 59.7 Å². The number of rotatable bonds is 5. The SMILES string of the molecule is CC(C=NNC(=O)c1ccc([N+](=O)[O-])cc1)c1ccccc1. The number of hydrogen-bond donors (Lipinski definition) is 1. The van der Waals surface area contributed by atoms with Gasteiger partial charge >= 0.3 is 0 Å². The van der Waals surface area contributed by atoms with Gasteiger partial charge in [-0.05, 0) is 17.7 Å². The van der Waals surface area contributed by atoms with E-state index in [-0.39, 0.29) is 11.6 Å². The molecular weight excluding hydrogens is 282 g/mol. The minimum atomic E-state index is -0.513. The van der Waals surface area contributed by atoms with Crippen LogP contribution in [0.4, 0.5) is 5.69 Å². The highest BCUT2D eigenvalue weighted by molar-refractivity contribution is 5.94.